The van der Waals surface area contributed by atoms with Crippen LogP contribution in [0, 0.1) is 0 Å². The third-order valence-corrected chi connectivity index (χ3v) is 3.93. The summed E-state index contributed by atoms with van der Waals surface area (Å²) >= 11 is 5.91. The molecule has 0 saturated carbocycles. The molecule has 0 aromatic heterocycles. The van der Waals surface area contributed by atoms with Gasteiger partial charge in [-0.05, 0) is 43.9 Å². The average molecular weight is 268 g/mol. The van der Waals surface area contributed by atoms with Gasteiger partial charge in [0.15, 0.2) is 0 Å². The van der Waals surface area contributed by atoms with E-state index >= 15 is 0 Å². The molecule has 0 spiro atoms. The molecule has 1 aromatic rings. The molecule has 2 rings (SSSR count). The van der Waals surface area contributed by atoms with E-state index in [4.69, 9.17) is 16.3 Å². The fourth-order valence-corrected chi connectivity index (χ4v) is 2.64. The van der Waals surface area contributed by atoms with Crippen LogP contribution in [0.3, 0.4) is 0 Å². The van der Waals surface area contributed by atoms with E-state index in [-0.39, 0.29) is 0 Å². The molecule has 0 radical (unpaired) electrons. The van der Waals surface area contributed by atoms with Gasteiger partial charge in [0.25, 0.3) is 0 Å². The number of halogens is 1. The van der Waals surface area contributed by atoms with Gasteiger partial charge in [-0.1, -0.05) is 30.7 Å². The quantitative estimate of drug-likeness (QED) is 0.892. The Balaban J connectivity index is 1.90. The summed E-state index contributed by atoms with van der Waals surface area (Å²) in [6, 6.07) is 9.02. The van der Waals surface area contributed by atoms with E-state index in [1.54, 1.807) is 0 Å². The minimum Gasteiger partial charge on any atom is -0.378 e. The van der Waals surface area contributed by atoms with Gasteiger partial charge in [0, 0.05) is 23.7 Å². The predicted molar refractivity (Wildman–Crippen MR) is 76.1 cm³/mol. The van der Waals surface area contributed by atoms with E-state index < -0.39 is 0 Å². The fraction of sp³-hybridized carbons (Fsp3) is 0.600. The van der Waals surface area contributed by atoms with Crippen molar-refractivity contribution < 1.29 is 4.74 Å². The van der Waals surface area contributed by atoms with Gasteiger partial charge in [-0.15, -0.1) is 0 Å². The summed E-state index contributed by atoms with van der Waals surface area (Å²) in [5.41, 5.74) is 1.29. The van der Waals surface area contributed by atoms with Crippen LogP contribution in [0.4, 0.5) is 0 Å². The van der Waals surface area contributed by atoms with Gasteiger partial charge in [-0.3, -0.25) is 0 Å². The highest BCUT2D eigenvalue weighted by Crippen LogP contribution is 2.21. The van der Waals surface area contributed by atoms with E-state index in [9.17, 15) is 0 Å². The van der Waals surface area contributed by atoms with Crippen molar-refractivity contribution in [2.24, 2.45) is 0 Å². The second-order valence-corrected chi connectivity index (χ2v) is 5.50. The van der Waals surface area contributed by atoms with Crippen molar-refractivity contribution in [3.05, 3.63) is 34.9 Å². The zero-order chi connectivity index (χ0) is 13.0. The molecule has 1 fully saturated rings. The Morgan fingerprint density at radius 1 is 1.39 bits per heavy atom. The predicted octanol–water partition coefficient (Wildman–Crippen LogP) is 3.95. The summed E-state index contributed by atoms with van der Waals surface area (Å²) in [4.78, 5) is 0. The first-order chi connectivity index (χ1) is 8.69. The Kier molecular flexibility index (Phi) is 5.04. The third-order valence-electron chi connectivity index (χ3n) is 3.68. The van der Waals surface area contributed by atoms with Gasteiger partial charge in [-0.2, -0.15) is 0 Å². The Hall–Kier alpha value is -0.570. The zero-order valence-electron chi connectivity index (χ0n) is 11.2. The maximum atomic E-state index is 5.91. The van der Waals surface area contributed by atoms with Gasteiger partial charge in [0.1, 0.15) is 0 Å². The van der Waals surface area contributed by atoms with Crippen LogP contribution in [-0.2, 0) is 4.74 Å². The van der Waals surface area contributed by atoms with E-state index in [0.717, 1.165) is 30.9 Å². The van der Waals surface area contributed by atoms with Crippen molar-refractivity contribution in [2.75, 3.05) is 6.61 Å². The maximum absolute atomic E-state index is 5.91. The summed E-state index contributed by atoms with van der Waals surface area (Å²) < 4.78 is 5.70. The summed E-state index contributed by atoms with van der Waals surface area (Å²) in [7, 11) is 0. The Bertz CT molecular complexity index is 365. The molecule has 1 aliphatic heterocycles. The van der Waals surface area contributed by atoms with Crippen molar-refractivity contribution in [1.29, 1.82) is 0 Å². The molecule has 2 nitrogen and oxygen atoms in total. The topological polar surface area (TPSA) is 21.3 Å². The maximum Gasteiger partial charge on any atom is 0.0587 e. The third kappa shape index (κ3) is 3.71. The van der Waals surface area contributed by atoms with Crippen LogP contribution >= 0.6 is 11.6 Å². The van der Waals surface area contributed by atoms with Crippen molar-refractivity contribution >= 4 is 11.6 Å². The summed E-state index contributed by atoms with van der Waals surface area (Å²) in [6.45, 7) is 5.28. The number of hydrogen-bond donors (Lipinski definition) is 1. The number of ether oxygens (including phenoxy) is 1. The zero-order valence-corrected chi connectivity index (χ0v) is 11.9. The Morgan fingerprint density at radius 3 is 2.78 bits per heavy atom. The van der Waals surface area contributed by atoms with Crippen molar-refractivity contribution in [3.63, 3.8) is 0 Å². The van der Waals surface area contributed by atoms with Gasteiger partial charge in [0.2, 0.25) is 0 Å². The van der Waals surface area contributed by atoms with Crippen LogP contribution in [0.1, 0.15) is 44.7 Å². The molecule has 100 valence electrons. The highest BCUT2D eigenvalue weighted by Gasteiger charge is 2.22. The molecule has 1 heterocycles. The highest BCUT2D eigenvalue weighted by atomic mass is 35.5. The molecule has 3 heteroatoms. The standard InChI is InChI=1S/C15H22ClNO/c1-3-15-10-14(8-9-18-15)17-11(2)12-4-6-13(16)7-5-12/h4-7,11,14-15,17H,3,8-10H2,1-2H3/t11-,14?,15?/m1/s1. The number of rotatable bonds is 4. The van der Waals surface area contributed by atoms with Crippen molar-refractivity contribution in [2.45, 2.75) is 51.3 Å². The molecular weight excluding hydrogens is 246 g/mol. The first kappa shape index (κ1) is 13.9. The van der Waals surface area contributed by atoms with Crippen LogP contribution in [0.5, 0.6) is 0 Å². The molecule has 0 amide bonds. The van der Waals surface area contributed by atoms with Crippen molar-refractivity contribution in [3.8, 4) is 0 Å². The van der Waals surface area contributed by atoms with Gasteiger partial charge >= 0.3 is 0 Å². The van der Waals surface area contributed by atoms with Gasteiger partial charge < -0.3 is 10.1 Å². The minimum atomic E-state index is 0.364. The largest absolute Gasteiger partial charge is 0.378 e. The molecule has 1 N–H and O–H groups in total. The molecule has 18 heavy (non-hydrogen) atoms. The number of nitrogens with one attached hydrogen (secondary N) is 1. The Labute approximate surface area is 115 Å². The highest BCUT2D eigenvalue weighted by molar-refractivity contribution is 6.30. The van der Waals surface area contributed by atoms with Crippen LogP contribution in [0.15, 0.2) is 24.3 Å². The lowest BCUT2D eigenvalue weighted by molar-refractivity contribution is -0.00165. The van der Waals surface area contributed by atoms with E-state index in [2.05, 4.69) is 31.3 Å². The molecule has 1 saturated heterocycles. The molecule has 3 atom stereocenters. The minimum absolute atomic E-state index is 0.364. The van der Waals surface area contributed by atoms with Crippen LogP contribution < -0.4 is 5.32 Å². The molecule has 2 unspecified atom stereocenters. The number of hydrogen-bond acceptors (Lipinski definition) is 2. The van der Waals surface area contributed by atoms with Gasteiger partial charge in [0.05, 0.1) is 6.10 Å². The van der Waals surface area contributed by atoms with Crippen LogP contribution in [-0.4, -0.2) is 18.8 Å². The molecule has 0 aliphatic carbocycles. The monoisotopic (exact) mass is 267 g/mol. The average Bonchev–Trinajstić information content (AvgIpc) is 2.39. The van der Waals surface area contributed by atoms with E-state index in [1.165, 1.54) is 5.56 Å². The van der Waals surface area contributed by atoms with Crippen molar-refractivity contribution in [1.82, 2.24) is 5.32 Å². The second kappa shape index (κ2) is 6.55. The molecular formula is C15H22ClNO. The molecule has 0 bridgehead atoms. The first-order valence-corrected chi connectivity index (χ1v) is 7.20. The van der Waals surface area contributed by atoms with Crippen LogP contribution in [0.2, 0.25) is 5.02 Å². The summed E-state index contributed by atoms with van der Waals surface area (Å²) in [6.07, 6.45) is 3.75. The lowest BCUT2D eigenvalue weighted by atomic mass is 9.99. The smallest absolute Gasteiger partial charge is 0.0587 e. The van der Waals surface area contributed by atoms with Crippen LogP contribution in [0.25, 0.3) is 0 Å². The Morgan fingerprint density at radius 2 is 2.11 bits per heavy atom. The molecule has 1 aromatic carbocycles. The molecule has 1 aliphatic rings. The van der Waals surface area contributed by atoms with E-state index in [0.29, 0.717) is 18.2 Å². The SMILES string of the molecule is CCC1CC(N[C@H](C)c2ccc(Cl)cc2)CCO1. The summed E-state index contributed by atoms with van der Waals surface area (Å²) in [5, 5.41) is 4.49. The lowest BCUT2D eigenvalue weighted by Gasteiger charge is -2.31. The van der Waals surface area contributed by atoms with Gasteiger partial charge in [-0.25, -0.2) is 0 Å². The van der Waals surface area contributed by atoms with E-state index in [1.807, 2.05) is 12.1 Å². The second-order valence-electron chi connectivity index (χ2n) is 5.06. The lowest BCUT2D eigenvalue weighted by Crippen LogP contribution is -2.39. The fourth-order valence-electron chi connectivity index (χ4n) is 2.52. The normalized spacial score (nSPS) is 25.9. The summed E-state index contributed by atoms with van der Waals surface area (Å²) in [5.74, 6) is 0. The first-order valence-electron chi connectivity index (χ1n) is 6.82. The number of benzene rings is 1.